The van der Waals surface area contributed by atoms with Crippen LogP contribution in [0.4, 0.5) is 0 Å². The molecule has 2 fully saturated rings. The second-order valence-electron chi connectivity index (χ2n) is 6.50. The molecule has 1 aromatic heterocycles. The molecule has 3 rings (SSSR count). The largest absolute Gasteiger partial charge is 0.356 e. The van der Waals surface area contributed by atoms with Gasteiger partial charge in [0.1, 0.15) is 5.69 Å². The van der Waals surface area contributed by atoms with Crippen molar-refractivity contribution in [1.82, 2.24) is 14.8 Å². The number of rotatable bonds is 2. The van der Waals surface area contributed by atoms with E-state index in [4.69, 9.17) is 11.6 Å². The van der Waals surface area contributed by atoms with Crippen molar-refractivity contribution in [2.24, 2.45) is 0 Å². The van der Waals surface area contributed by atoms with Crippen LogP contribution in [0.15, 0.2) is 12.3 Å². The highest BCUT2D eigenvalue weighted by Crippen LogP contribution is 2.30. The number of hydrogen-bond donors (Lipinski definition) is 1. The molecule has 2 aliphatic heterocycles. The Morgan fingerprint density at radius 1 is 1.29 bits per heavy atom. The smallest absolute Gasteiger partial charge is 0.270 e. The van der Waals surface area contributed by atoms with Crippen molar-refractivity contribution in [3.05, 3.63) is 23.0 Å². The number of amides is 1. The number of hydrogen-bond acceptors (Lipinski definition) is 2. The van der Waals surface area contributed by atoms with Crippen LogP contribution in [0, 0.1) is 0 Å². The Hall–Kier alpha value is -1.00. The minimum Gasteiger partial charge on any atom is -0.356 e. The third kappa shape index (κ3) is 2.97. The SMILES string of the molecule is C[C@@H]1CC[C@@H](C)N1[C@H]1CCCN(C(=O)c2cc(Cl)c[nH]2)C1. The molecule has 3 atom stereocenters. The number of halogens is 1. The zero-order valence-corrected chi connectivity index (χ0v) is 13.6. The number of nitrogens with one attached hydrogen (secondary N) is 1. The second kappa shape index (κ2) is 6.01. The third-order valence-electron chi connectivity index (χ3n) is 5.00. The van der Waals surface area contributed by atoms with E-state index in [1.807, 2.05) is 4.90 Å². The van der Waals surface area contributed by atoms with Gasteiger partial charge in [-0.3, -0.25) is 9.69 Å². The van der Waals surface area contributed by atoms with Gasteiger partial charge in [0, 0.05) is 37.4 Å². The van der Waals surface area contributed by atoms with Crippen molar-refractivity contribution in [2.75, 3.05) is 13.1 Å². The summed E-state index contributed by atoms with van der Waals surface area (Å²) in [4.78, 5) is 20.1. The van der Waals surface area contributed by atoms with Gasteiger partial charge in [0.15, 0.2) is 0 Å². The number of likely N-dealkylation sites (tertiary alicyclic amines) is 2. The van der Waals surface area contributed by atoms with E-state index in [2.05, 4.69) is 23.7 Å². The van der Waals surface area contributed by atoms with E-state index in [9.17, 15) is 4.79 Å². The quantitative estimate of drug-likeness (QED) is 0.911. The first-order valence-corrected chi connectivity index (χ1v) is 8.34. The number of aromatic nitrogens is 1. The van der Waals surface area contributed by atoms with Gasteiger partial charge in [-0.25, -0.2) is 0 Å². The van der Waals surface area contributed by atoms with Crippen molar-refractivity contribution in [1.29, 1.82) is 0 Å². The van der Waals surface area contributed by atoms with Gasteiger partial charge in [0.05, 0.1) is 5.02 Å². The van der Waals surface area contributed by atoms with Gasteiger partial charge in [-0.05, 0) is 45.6 Å². The van der Waals surface area contributed by atoms with E-state index in [0.29, 0.717) is 28.8 Å². The Morgan fingerprint density at radius 2 is 2.00 bits per heavy atom. The van der Waals surface area contributed by atoms with Crippen LogP contribution in [0.1, 0.15) is 50.0 Å². The summed E-state index contributed by atoms with van der Waals surface area (Å²) >= 11 is 5.90. The number of carbonyl (C=O) groups excluding carboxylic acids is 1. The molecule has 1 aromatic rings. The number of carbonyl (C=O) groups is 1. The van der Waals surface area contributed by atoms with Crippen LogP contribution in [-0.4, -0.2) is 51.9 Å². The third-order valence-corrected chi connectivity index (χ3v) is 5.22. The summed E-state index contributed by atoms with van der Waals surface area (Å²) < 4.78 is 0. The summed E-state index contributed by atoms with van der Waals surface area (Å²) in [5.41, 5.74) is 0.600. The number of H-pyrrole nitrogens is 1. The predicted molar refractivity (Wildman–Crippen MR) is 84.7 cm³/mol. The van der Waals surface area contributed by atoms with Crippen molar-refractivity contribution >= 4 is 17.5 Å². The highest BCUT2D eigenvalue weighted by molar-refractivity contribution is 6.30. The van der Waals surface area contributed by atoms with Gasteiger partial charge in [-0.1, -0.05) is 11.6 Å². The first-order valence-electron chi connectivity index (χ1n) is 7.97. The summed E-state index contributed by atoms with van der Waals surface area (Å²) in [7, 11) is 0. The van der Waals surface area contributed by atoms with Gasteiger partial charge in [-0.15, -0.1) is 0 Å². The highest BCUT2D eigenvalue weighted by atomic mass is 35.5. The van der Waals surface area contributed by atoms with Gasteiger partial charge < -0.3 is 9.88 Å². The second-order valence-corrected chi connectivity index (χ2v) is 6.94. The Balaban J connectivity index is 1.69. The molecule has 1 amide bonds. The molecule has 0 aromatic carbocycles. The normalized spacial score (nSPS) is 30.8. The minimum atomic E-state index is 0.0751. The van der Waals surface area contributed by atoms with Crippen LogP contribution in [0.5, 0.6) is 0 Å². The van der Waals surface area contributed by atoms with Crippen LogP contribution in [0.3, 0.4) is 0 Å². The molecule has 2 aliphatic rings. The fraction of sp³-hybridized carbons (Fsp3) is 0.688. The Labute approximate surface area is 131 Å². The molecule has 4 nitrogen and oxygen atoms in total. The minimum absolute atomic E-state index is 0.0751. The standard InChI is InChI=1S/C16H24ClN3O/c1-11-5-6-12(2)20(11)14-4-3-7-19(10-14)16(21)15-8-13(17)9-18-15/h8-9,11-12,14,18H,3-7,10H2,1-2H3/t11-,12-,14+/m1/s1. The van der Waals surface area contributed by atoms with Crippen LogP contribution in [-0.2, 0) is 0 Å². The highest BCUT2D eigenvalue weighted by Gasteiger charge is 2.36. The van der Waals surface area contributed by atoms with E-state index in [0.717, 1.165) is 19.5 Å². The predicted octanol–water partition coefficient (Wildman–Crippen LogP) is 3.15. The fourth-order valence-corrected chi connectivity index (χ4v) is 4.14. The van der Waals surface area contributed by atoms with E-state index < -0.39 is 0 Å². The van der Waals surface area contributed by atoms with Crippen LogP contribution in [0.25, 0.3) is 0 Å². The van der Waals surface area contributed by atoms with Gasteiger partial charge in [0.25, 0.3) is 5.91 Å². The first kappa shape index (κ1) is 14.9. The lowest BCUT2D eigenvalue weighted by molar-refractivity contribution is 0.0483. The molecule has 0 unspecified atom stereocenters. The molecule has 0 saturated carbocycles. The molecule has 0 aliphatic carbocycles. The summed E-state index contributed by atoms with van der Waals surface area (Å²) in [6, 6.07) is 3.50. The van der Waals surface area contributed by atoms with Crippen molar-refractivity contribution in [3.8, 4) is 0 Å². The topological polar surface area (TPSA) is 39.3 Å². The molecule has 1 N–H and O–H groups in total. The summed E-state index contributed by atoms with van der Waals surface area (Å²) in [6.45, 7) is 6.32. The molecular weight excluding hydrogens is 286 g/mol. The lowest BCUT2D eigenvalue weighted by atomic mass is 10.0. The van der Waals surface area contributed by atoms with Gasteiger partial charge >= 0.3 is 0 Å². The van der Waals surface area contributed by atoms with Crippen LogP contribution in [0.2, 0.25) is 5.02 Å². The van der Waals surface area contributed by atoms with E-state index in [-0.39, 0.29) is 5.91 Å². The maximum Gasteiger partial charge on any atom is 0.270 e. The molecule has 116 valence electrons. The average Bonchev–Trinajstić information content (AvgIpc) is 3.04. The lowest BCUT2D eigenvalue weighted by Gasteiger charge is -2.41. The zero-order valence-electron chi connectivity index (χ0n) is 12.8. The van der Waals surface area contributed by atoms with Crippen LogP contribution >= 0.6 is 11.6 Å². The zero-order chi connectivity index (χ0) is 15.0. The summed E-state index contributed by atoms with van der Waals surface area (Å²) in [6.07, 6.45) is 6.50. The first-order chi connectivity index (χ1) is 10.1. The fourth-order valence-electron chi connectivity index (χ4n) is 3.98. The lowest BCUT2D eigenvalue weighted by Crippen LogP contribution is -2.52. The van der Waals surface area contributed by atoms with Gasteiger partial charge in [0.2, 0.25) is 0 Å². The van der Waals surface area contributed by atoms with Gasteiger partial charge in [-0.2, -0.15) is 0 Å². The molecule has 0 spiro atoms. The Morgan fingerprint density at radius 3 is 2.62 bits per heavy atom. The molecule has 5 heteroatoms. The number of piperidine rings is 1. The molecule has 21 heavy (non-hydrogen) atoms. The molecule has 2 saturated heterocycles. The molecule has 0 bridgehead atoms. The molecule has 0 radical (unpaired) electrons. The Bertz CT molecular complexity index is 505. The molecular formula is C16H24ClN3O. The monoisotopic (exact) mass is 309 g/mol. The maximum atomic E-state index is 12.6. The summed E-state index contributed by atoms with van der Waals surface area (Å²) in [5, 5.41) is 0.591. The van der Waals surface area contributed by atoms with Crippen molar-refractivity contribution < 1.29 is 4.79 Å². The summed E-state index contributed by atoms with van der Waals surface area (Å²) in [5.74, 6) is 0.0751. The number of aromatic amines is 1. The van der Waals surface area contributed by atoms with E-state index >= 15 is 0 Å². The maximum absolute atomic E-state index is 12.6. The van der Waals surface area contributed by atoms with E-state index in [1.54, 1.807) is 12.3 Å². The number of nitrogens with zero attached hydrogens (tertiary/aromatic N) is 2. The van der Waals surface area contributed by atoms with Crippen LogP contribution < -0.4 is 0 Å². The van der Waals surface area contributed by atoms with Crippen molar-refractivity contribution in [3.63, 3.8) is 0 Å². The molecule has 3 heterocycles. The Kier molecular flexibility index (Phi) is 4.27. The van der Waals surface area contributed by atoms with Crippen molar-refractivity contribution in [2.45, 2.75) is 57.7 Å². The van der Waals surface area contributed by atoms with E-state index in [1.165, 1.54) is 19.3 Å². The average molecular weight is 310 g/mol.